The molecule has 0 saturated carbocycles. The zero-order valence-electron chi connectivity index (χ0n) is 9.52. The van der Waals surface area contributed by atoms with Crippen molar-refractivity contribution in [2.24, 2.45) is 0 Å². The molecule has 4 nitrogen and oxygen atoms in total. The Morgan fingerprint density at radius 2 is 1.94 bits per heavy atom. The van der Waals surface area contributed by atoms with Crippen molar-refractivity contribution in [3.05, 3.63) is 28.8 Å². The molecule has 1 aromatic rings. The number of hydrogen-bond donors (Lipinski definition) is 0. The highest BCUT2D eigenvalue weighted by Gasteiger charge is 2.27. The van der Waals surface area contributed by atoms with Gasteiger partial charge in [0.15, 0.2) is 0 Å². The van der Waals surface area contributed by atoms with Crippen LogP contribution in [0, 0.1) is 6.92 Å². The smallest absolute Gasteiger partial charge is 0.243 e. The standard InChI is InChI=1S/C11H14ClNO3S/c1-9-10(12)3-2-4-11(9)17(14,15)13-5-7-16-8-6-13/h2-4H,5-8H2,1H3. The maximum Gasteiger partial charge on any atom is 0.243 e. The summed E-state index contributed by atoms with van der Waals surface area (Å²) in [5, 5.41) is 0.472. The van der Waals surface area contributed by atoms with Gasteiger partial charge in [0.2, 0.25) is 10.0 Å². The average Bonchev–Trinajstić information content (AvgIpc) is 2.33. The molecule has 94 valence electrons. The second-order valence-corrected chi connectivity index (χ2v) is 6.19. The van der Waals surface area contributed by atoms with Crippen molar-refractivity contribution in [3.63, 3.8) is 0 Å². The Balaban J connectivity index is 2.40. The van der Waals surface area contributed by atoms with E-state index in [0.29, 0.717) is 36.9 Å². The van der Waals surface area contributed by atoms with Crippen LogP contribution in [0.2, 0.25) is 5.02 Å². The maximum atomic E-state index is 12.4. The van der Waals surface area contributed by atoms with Crippen LogP contribution in [0.25, 0.3) is 0 Å². The van der Waals surface area contributed by atoms with Gasteiger partial charge in [-0.05, 0) is 24.6 Å². The van der Waals surface area contributed by atoms with Crippen LogP contribution >= 0.6 is 11.6 Å². The van der Waals surface area contributed by atoms with Crippen LogP contribution in [0.3, 0.4) is 0 Å². The van der Waals surface area contributed by atoms with E-state index >= 15 is 0 Å². The first kappa shape index (κ1) is 12.8. The molecule has 6 heteroatoms. The van der Waals surface area contributed by atoms with Crippen molar-refractivity contribution < 1.29 is 13.2 Å². The van der Waals surface area contributed by atoms with Gasteiger partial charge in [0.05, 0.1) is 18.1 Å². The van der Waals surface area contributed by atoms with Gasteiger partial charge in [-0.15, -0.1) is 0 Å². The molecule has 0 radical (unpaired) electrons. The van der Waals surface area contributed by atoms with Gasteiger partial charge in [-0.1, -0.05) is 17.7 Å². The van der Waals surface area contributed by atoms with E-state index in [1.807, 2.05) is 0 Å². The summed E-state index contributed by atoms with van der Waals surface area (Å²) < 4.78 is 31.3. The van der Waals surface area contributed by atoms with Crippen LogP contribution in [-0.2, 0) is 14.8 Å². The molecule has 1 fully saturated rings. The number of morpholine rings is 1. The second kappa shape index (κ2) is 4.94. The molecule has 1 aliphatic rings. The van der Waals surface area contributed by atoms with Crippen LogP contribution in [0.5, 0.6) is 0 Å². The van der Waals surface area contributed by atoms with Gasteiger partial charge in [0.25, 0.3) is 0 Å². The molecule has 0 amide bonds. The van der Waals surface area contributed by atoms with E-state index in [0.717, 1.165) is 0 Å². The Morgan fingerprint density at radius 3 is 2.59 bits per heavy atom. The first-order chi connectivity index (χ1) is 8.03. The minimum absolute atomic E-state index is 0.284. The van der Waals surface area contributed by atoms with Crippen LogP contribution < -0.4 is 0 Å². The summed E-state index contributed by atoms with van der Waals surface area (Å²) in [6.07, 6.45) is 0. The predicted octanol–water partition coefficient (Wildman–Crippen LogP) is 1.67. The summed E-state index contributed by atoms with van der Waals surface area (Å²) in [5.74, 6) is 0. The van der Waals surface area contributed by atoms with Crippen LogP contribution in [-0.4, -0.2) is 39.0 Å². The first-order valence-corrected chi connectivity index (χ1v) is 7.18. The summed E-state index contributed by atoms with van der Waals surface area (Å²) >= 11 is 5.95. The predicted molar refractivity (Wildman–Crippen MR) is 65.8 cm³/mol. The lowest BCUT2D eigenvalue weighted by Crippen LogP contribution is -2.40. The maximum absolute atomic E-state index is 12.4. The van der Waals surface area contributed by atoms with Crippen LogP contribution in [0.15, 0.2) is 23.1 Å². The Kier molecular flexibility index (Phi) is 3.73. The zero-order valence-corrected chi connectivity index (χ0v) is 11.1. The number of benzene rings is 1. The third-order valence-corrected chi connectivity index (χ3v) is 5.26. The summed E-state index contributed by atoms with van der Waals surface area (Å²) in [4.78, 5) is 0.284. The quantitative estimate of drug-likeness (QED) is 0.825. The number of nitrogens with zero attached hydrogens (tertiary/aromatic N) is 1. The highest BCUT2D eigenvalue weighted by molar-refractivity contribution is 7.89. The van der Waals surface area contributed by atoms with E-state index < -0.39 is 10.0 Å². The number of hydrogen-bond acceptors (Lipinski definition) is 3. The Labute approximate surface area is 106 Å². The minimum atomic E-state index is -3.45. The molecule has 1 saturated heterocycles. The first-order valence-electron chi connectivity index (χ1n) is 5.36. The normalized spacial score (nSPS) is 18.2. The molecule has 0 unspecified atom stereocenters. The van der Waals surface area contributed by atoms with Crippen molar-refractivity contribution in [3.8, 4) is 0 Å². The Morgan fingerprint density at radius 1 is 1.29 bits per heavy atom. The van der Waals surface area contributed by atoms with Gasteiger partial charge in [0, 0.05) is 18.1 Å². The second-order valence-electron chi connectivity index (χ2n) is 3.88. The molecule has 2 rings (SSSR count). The number of sulfonamides is 1. The molecular formula is C11H14ClNO3S. The molecule has 0 aliphatic carbocycles. The van der Waals surface area contributed by atoms with Crippen molar-refractivity contribution >= 4 is 21.6 Å². The summed E-state index contributed by atoms with van der Waals surface area (Å²) in [6.45, 7) is 3.40. The van der Waals surface area contributed by atoms with Crippen LogP contribution in [0.1, 0.15) is 5.56 Å². The summed E-state index contributed by atoms with van der Waals surface area (Å²) in [7, 11) is -3.45. The van der Waals surface area contributed by atoms with Gasteiger partial charge >= 0.3 is 0 Å². The van der Waals surface area contributed by atoms with Crippen molar-refractivity contribution in [1.82, 2.24) is 4.31 Å². The molecule has 1 heterocycles. The Bertz CT molecular complexity index is 509. The van der Waals surface area contributed by atoms with Crippen molar-refractivity contribution in [1.29, 1.82) is 0 Å². The number of halogens is 1. The molecule has 0 N–H and O–H groups in total. The fourth-order valence-electron chi connectivity index (χ4n) is 1.79. The van der Waals surface area contributed by atoms with E-state index in [1.54, 1.807) is 25.1 Å². The van der Waals surface area contributed by atoms with Gasteiger partial charge in [0.1, 0.15) is 0 Å². The number of rotatable bonds is 2. The number of ether oxygens (including phenoxy) is 1. The monoisotopic (exact) mass is 275 g/mol. The Hall–Kier alpha value is -0.620. The third-order valence-electron chi connectivity index (χ3n) is 2.81. The molecule has 1 aromatic carbocycles. The molecule has 0 spiro atoms. The lowest BCUT2D eigenvalue weighted by molar-refractivity contribution is 0.0730. The van der Waals surface area contributed by atoms with E-state index in [2.05, 4.69) is 0 Å². The van der Waals surface area contributed by atoms with Gasteiger partial charge in [-0.2, -0.15) is 4.31 Å². The summed E-state index contributed by atoms with van der Waals surface area (Å²) in [6, 6.07) is 4.93. The topological polar surface area (TPSA) is 46.6 Å². The zero-order chi connectivity index (χ0) is 12.5. The minimum Gasteiger partial charge on any atom is -0.379 e. The molecule has 1 aliphatic heterocycles. The molecular weight excluding hydrogens is 262 g/mol. The third kappa shape index (κ3) is 2.47. The highest BCUT2D eigenvalue weighted by Crippen LogP contribution is 2.25. The molecule has 17 heavy (non-hydrogen) atoms. The van der Waals surface area contributed by atoms with Crippen molar-refractivity contribution in [2.75, 3.05) is 26.3 Å². The van der Waals surface area contributed by atoms with E-state index in [4.69, 9.17) is 16.3 Å². The molecule has 0 aromatic heterocycles. The van der Waals surface area contributed by atoms with E-state index in [-0.39, 0.29) is 4.90 Å². The fourth-order valence-corrected chi connectivity index (χ4v) is 3.68. The van der Waals surface area contributed by atoms with Gasteiger partial charge in [-0.3, -0.25) is 0 Å². The largest absolute Gasteiger partial charge is 0.379 e. The summed E-state index contributed by atoms with van der Waals surface area (Å²) in [5.41, 5.74) is 0.598. The highest BCUT2D eigenvalue weighted by atomic mass is 35.5. The fraction of sp³-hybridized carbons (Fsp3) is 0.455. The van der Waals surface area contributed by atoms with Gasteiger partial charge in [-0.25, -0.2) is 8.42 Å². The van der Waals surface area contributed by atoms with Crippen molar-refractivity contribution in [2.45, 2.75) is 11.8 Å². The average molecular weight is 276 g/mol. The molecule has 0 atom stereocenters. The SMILES string of the molecule is Cc1c(Cl)cccc1S(=O)(=O)N1CCOCC1. The van der Waals surface area contributed by atoms with E-state index in [9.17, 15) is 8.42 Å². The lowest BCUT2D eigenvalue weighted by atomic mass is 10.2. The van der Waals surface area contributed by atoms with E-state index in [1.165, 1.54) is 4.31 Å². The van der Waals surface area contributed by atoms with Crippen LogP contribution in [0.4, 0.5) is 0 Å². The van der Waals surface area contributed by atoms with Gasteiger partial charge < -0.3 is 4.74 Å². The molecule has 0 bridgehead atoms. The lowest BCUT2D eigenvalue weighted by Gasteiger charge is -2.26.